The number of nitrogens with two attached hydrogens (primary N) is 1. The molecule has 0 radical (unpaired) electrons. The van der Waals surface area contributed by atoms with Crippen LogP contribution in [0.25, 0.3) is 0 Å². The molecule has 0 bridgehead atoms. The molecule has 0 aliphatic rings. The molecule has 1 aromatic heterocycles. The summed E-state index contributed by atoms with van der Waals surface area (Å²) in [7, 11) is 0. The van der Waals surface area contributed by atoms with Gasteiger partial charge in [0.25, 0.3) is 0 Å². The standard InChI is InChI=1S/C9H14FN3O2/c1-5(2)15-6(3)13-4-7(10)8(11)12-9(13)14/h4-6H,1-3H3,(H2,11,12,14). The molecule has 1 aromatic rings. The van der Waals surface area contributed by atoms with Crippen molar-refractivity contribution < 1.29 is 9.13 Å². The van der Waals surface area contributed by atoms with E-state index < -0.39 is 23.6 Å². The number of ether oxygens (including phenoxy) is 1. The van der Waals surface area contributed by atoms with Crippen LogP contribution >= 0.6 is 0 Å². The molecule has 1 rings (SSSR count). The van der Waals surface area contributed by atoms with Gasteiger partial charge in [0, 0.05) is 0 Å². The van der Waals surface area contributed by atoms with E-state index in [0.29, 0.717) is 0 Å². The van der Waals surface area contributed by atoms with Crippen LogP contribution in [0.4, 0.5) is 10.2 Å². The van der Waals surface area contributed by atoms with Crippen LogP contribution in [0, 0.1) is 5.82 Å². The summed E-state index contributed by atoms with van der Waals surface area (Å²) in [6.07, 6.45) is 0.366. The van der Waals surface area contributed by atoms with Crippen molar-refractivity contribution in [3.8, 4) is 0 Å². The van der Waals surface area contributed by atoms with E-state index in [1.807, 2.05) is 13.8 Å². The van der Waals surface area contributed by atoms with E-state index in [0.717, 1.165) is 10.8 Å². The Balaban J connectivity index is 3.04. The maximum atomic E-state index is 13.1. The van der Waals surface area contributed by atoms with Crippen molar-refractivity contribution in [2.24, 2.45) is 0 Å². The third kappa shape index (κ3) is 2.76. The van der Waals surface area contributed by atoms with Gasteiger partial charge >= 0.3 is 5.69 Å². The predicted octanol–water partition coefficient (Wildman–Crippen LogP) is 0.908. The number of halogens is 1. The Morgan fingerprint density at radius 3 is 2.67 bits per heavy atom. The van der Waals surface area contributed by atoms with Crippen molar-refractivity contribution in [2.75, 3.05) is 5.73 Å². The van der Waals surface area contributed by atoms with Crippen molar-refractivity contribution in [2.45, 2.75) is 33.1 Å². The Kier molecular flexibility index (Phi) is 3.41. The lowest BCUT2D eigenvalue weighted by molar-refractivity contribution is -0.0280. The van der Waals surface area contributed by atoms with E-state index >= 15 is 0 Å². The third-order valence-electron chi connectivity index (χ3n) is 1.79. The van der Waals surface area contributed by atoms with Crippen LogP contribution in [0.1, 0.15) is 27.0 Å². The van der Waals surface area contributed by atoms with Gasteiger partial charge < -0.3 is 10.5 Å². The summed E-state index contributed by atoms with van der Waals surface area (Å²) in [4.78, 5) is 14.7. The number of hydrogen-bond donors (Lipinski definition) is 1. The Morgan fingerprint density at radius 1 is 1.53 bits per heavy atom. The highest BCUT2D eigenvalue weighted by Gasteiger charge is 2.12. The zero-order valence-electron chi connectivity index (χ0n) is 8.90. The first-order valence-corrected chi connectivity index (χ1v) is 4.61. The normalized spacial score (nSPS) is 13.1. The Hall–Kier alpha value is -1.43. The number of hydrogen-bond acceptors (Lipinski definition) is 4. The number of anilines is 1. The summed E-state index contributed by atoms with van der Waals surface area (Å²) >= 11 is 0. The van der Waals surface area contributed by atoms with Crippen molar-refractivity contribution in [1.29, 1.82) is 0 Å². The van der Waals surface area contributed by atoms with Gasteiger partial charge in [-0.25, -0.2) is 9.18 Å². The second kappa shape index (κ2) is 4.39. The maximum absolute atomic E-state index is 13.1. The monoisotopic (exact) mass is 215 g/mol. The molecule has 84 valence electrons. The fourth-order valence-electron chi connectivity index (χ4n) is 1.18. The average molecular weight is 215 g/mol. The first-order chi connectivity index (χ1) is 6.91. The van der Waals surface area contributed by atoms with Gasteiger partial charge in [-0.05, 0) is 20.8 Å². The van der Waals surface area contributed by atoms with Crippen LogP contribution in [0.5, 0.6) is 0 Å². The first-order valence-electron chi connectivity index (χ1n) is 4.61. The minimum absolute atomic E-state index is 0.0625. The largest absolute Gasteiger partial charge is 0.381 e. The molecular formula is C9H14FN3O2. The predicted molar refractivity (Wildman–Crippen MR) is 53.8 cm³/mol. The van der Waals surface area contributed by atoms with Crippen LogP contribution in [0.3, 0.4) is 0 Å². The van der Waals surface area contributed by atoms with Gasteiger partial charge in [-0.15, -0.1) is 0 Å². The summed E-state index contributed by atoms with van der Waals surface area (Å²) < 4.78 is 19.4. The topological polar surface area (TPSA) is 70.1 Å². The molecule has 0 saturated carbocycles. The van der Waals surface area contributed by atoms with Gasteiger partial charge in [0.15, 0.2) is 11.6 Å². The van der Waals surface area contributed by atoms with Crippen LogP contribution in [0.2, 0.25) is 0 Å². The summed E-state index contributed by atoms with van der Waals surface area (Å²) in [5.41, 5.74) is 4.53. The molecule has 6 heteroatoms. The molecule has 5 nitrogen and oxygen atoms in total. The molecule has 0 aliphatic heterocycles. The molecule has 2 N–H and O–H groups in total. The number of aromatic nitrogens is 2. The molecular weight excluding hydrogens is 201 g/mol. The molecule has 0 spiro atoms. The average Bonchev–Trinajstić information content (AvgIpc) is 2.09. The van der Waals surface area contributed by atoms with Crippen molar-refractivity contribution >= 4 is 5.82 Å². The fourth-order valence-corrected chi connectivity index (χ4v) is 1.18. The lowest BCUT2D eigenvalue weighted by Gasteiger charge is -2.18. The quantitative estimate of drug-likeness (QED) is 0.813. The highest BCUT2D eigenvalue weighted by molar-refractivity contribution is 5.26. The van der Waals surface area contributed by atoms with E-state index in [1.54, 1.807) is 6.92 Å². The highest BCUT2D eigenvalue weighted by Crippen LogP contribution is 2.10. The van der Waals surface area contributed by atoms with E-state index in [1.165, 1.54) is 0 Å². The van der Waals surface area contributed by atoms with E-state index in [4.69, 9.17) is 10.5 Å². The summed E-state index contributed by atoms with van der Waals surface area (Å²) in [5, 5.41) is 0. The molecule has 0 aliphatic carbocycles. The smallest absolute Gasteiger partial charge is 0.351 e. The fraction of sp³-hybridized carbons (Fsp3) is 0.556. The van der Waals surface area contributed by atoms with Crippen LogP contribution in [-0.2, 0) is 4.74 Å². The molecule has 0 fully saturated rings. The van der Waals surface area contributed by atoms with Gasteiger partial charge in [0.1, 0.15) is 6.23 Å². The van der Waals surface area contributed by atoms with Gasteiger partial charge in [-0.2, -0.15) is 4.98 Å². The second-order valence-corrected chi connectivity index (χ2v) is 3.45. The Bertz CT molecular complexity index is 403. The molecule has 0 amide bonds. The Morgan fingerprint density at radius 2 is 2.13 bits per heavy atom. The zero-order chi connectivity index (χ0) is 11.6. The summed E-state index contributed by atoms with van der Waals surface area (Å²) in [6.45, 7) is 5.28. The SMILES string of the molecule is CC(C)OC(C)n1cc(F)c(N)nc1=O. The van der Waals surface area contributed by atoms with Gasteiger partial charge in [0.05, 0.1) is 12.3 Å². The molecule has 1 heterocycles. The van der Waals surface area contributed by atoms with E-state index in [2.05, 4.69) is 4.98 Å². The second-order valence-electron chi connectivity index (χ2n) is 3.45. The molecule has 0 saturated heterocycles. The molecule has 1 unspecified atom stereocenters. The number of nitrogen functional groups attached to an aromatic ring is 1. The first kappa shape index (κ1) is 11.6. The van der Waals surface area contributed by atoms with Crippen molar-refractivity contribution in [3.05, 3.63) is 22.5 Å². The van der Waals surface area contributed by atoms with Crippen molar-refractivity contribution in [3.63, 3.8) is 0 Å². The molecule has 0 aromatic carbocycles. The van der Waals surface area contributed by atoms with Crippen LogP contribution in [0.15, 0.2) is 11.0 Å². The molecule has 1 atom stereocenters. The number of nitrogens with zero attached hydrogens (tertiary/aromatic N) is 2. The minimum atomic E-state index is -0.728. The van der Waals surface area contributed by atoms with E-state index in [-0.39, 0.29) is 6.10 Å². The van der Waals surface area contributed by atoms with Crippen LogP contribution in [-0.4, -0.2) is 15.7 Å². The lowest BCUT2D eigenvalue weighted by atomic mass is 10.4. The van der Waals surface area contributed by atoms with Gasteiger partial charge in [-0.1, -0.05) is 0 Å². The zero-order valence-corrected chi connectivity index (χ0v) is 8.90. The highest BCUT2D eigenvalue weighted by atomic mass is 19.1. The minimum Gasteiger partial charge on any atom is -0.381 e. The lowest BCUT2D eigenvalue weighted by Crippen LogP contribution is -2.29. The van der Waals surface area contributed by atoms with E-state index in [9.17, 15) is 9.18 Å². The van der Waals surface area contributed by atoms with Gasteiger partial charge in [-0.3, -0.25) is 4.57 Å². The van der Waals surface area contributed by atoms with Crippen LogP contribution < -0.4 is 11.4 Å². The summed E-state index contributed by atoms with van der Waals surface area (Å²) in [6, 6.07) is 0. The van der Waals surface area contributed by atoms with Crippen molar-refractivity contribution in [1.82, 2.24) is 9.55 Å². The maximum Gasteiger partial charge on any atom is 0.351 e. The number of rotatable bonds is 3. The summed E-state index contributed by atoms with van der Waals surface area (Å²) in [5.74, 6) is -1.12. The Labute approximate surface area is 86.7 Å². The van der Waals surface area contributed by atoms with Gasteiger partial charge in [0.2, 0.25) is 0 Å². The third-order valence-corrected chi connectivity index (χ3v) is 1.79. The molecule has 15 heavy (non-hydrogen) atoms.